The van der Waals surface area contributed by atoms with Crippen LogP contribution in [0.1, 0.15) is 78.6 Å². The molecule has 1 N–H and O–H groups in total. The molecule has 3 heteroatoms. The lowest BCUT2D eigenvalue weighted by Crippen LogP contribution is -2.58. The molecule has 0 aromatic carbocycles. The molecular weight excluding hydrogens is 300 g/mol. The largest absolute Gasteiger partial charge is 0.463 e. The van der Waals surface area contributed by atoms with Crippen LogP contribution in [0.2, 0.25) is 0 Å². The Kier molecular flexibility index (Phi) is 4.02. The first kappa shape index (κ1) is 16.9. The highest BCUT2D eigenvalue weighted by molar-refractivity contribution is 5.66. The van der Waals surface area contributed by atoms with Crippen LogP contribution in [-0.4, -0.2) is 23.3 Å². The average molecular weight is 335 g/mol. The number of rotatable bonds is 1. The Bertz CT molecular complexity index is 517. The van der Waals surface area contributed by atoms with Gasteiger partial charge in [0.2, 0.25) is 0 Å². The zero-order valence-corrected chi connectivity index (χ0v) is 15.6. The summed E-state index contributed by atoms with van der Waals surface area (Å²) < 4.78 is 5.52. The van der Waals surface area contributed by atoms with Crippen LogP contribution in [0.5, 0.6) is 0 Å². The Morgan fingerprint density at radius 1 is 1.04 bits per heavy atom. The highest BCUT2D eigenvalue weighted by atomic mass is 16.5. The maximum Gasteiger partial charge on any atom is 0.302 e. The number of carbonyl (C=O) groups is 1. The predicted octanol–water partition coefficient (Wildman–Crippen LogP) is 4.32. The summed E-state index contributed by atoms with van der Waals surface area (Å²) in [6.45, 7) is 6.49. The molecule has 136 valence electrons. The quantitative estimate of drug-likeness (QED) is 0.726. The van der Waals surface area contributed by atoms with E-state index in [0.717, 1.165) is 31.6 Å². The van der Waals surface area contributed by atoms with Gasteiger partial charge in [0.05, 0.1) is 6.10 Å². The van der Waals surface area contributed by atoms with E-state index >= 15 is 0 Å². The fourth-order valence-electron chi connectivity index (χ4n) is 7.52. The van der Waals surface area contributed by atoms with Crippen molar-refractivity contribution < 1.29 is 14.6 Å². The first-order chi connectivity index (χ1) is 11.3. The molecule has 0 bridgehead atoms. The van der Waals surface area contributed by atoms with E-state index < -0.39 is 0 Å². The second-order valence-corrected chi connectivity index (χ2v) is 9.89. The molecule has 0 radical (unpaired) electrons. The zero-order valence-electron chi connectivity index (χ0n) is 15.6. The maximum absolute atomic E-state index is 11.3. The zero-order chi connectivity index (χ0) is 17.1. The lowest BCUT2D eigenvalue weighted by atomic mass is 9.44. The standard InChI is InChI=1S/C21H34O3/c1-13(22)24-15-6-10-21(3)14(11-15)12-18(23)19-16-5-4-8-20(16,2)9-7-17(19)21/h14-19,23H,4-12H2,1-3H3/t14-,15+,16+,17+,18+,19+,20+,21+/m1/s1. The van der Waals surface area contributed by atoms with Gasteiger partial charge in [-0.05, 0) is 85.9 Å². The molecule has 0 aromatic heterocycles. The topological polar surface area (TPSA) is 46.5 Å². The molecule has 4 rings (SSSR count). The maximum atomic E-state index is 11.3. The molecule has 0 unspecified atom stereocenters. The van der Waals surface area contributed by atoms with Gasteiger partial charge in [-0.15, -0.1) is 0 Å². The van der Waals surface area contributed by atoms with E-state index in [1.54, 1.807) is 0 Å². The summed E-state index contributed by atoms with van der Waals surface area (Å²) in [6, 6.07) is 0. The molecule has 4 aliphatic carbocycles. The lowest BCUT2D eigenvalue weighted by molar-refractivity contribution is -0.178. The number of aliphatic hydroxyl groups excluding tert-OH is 1. The van der Waals surface area contributed by atoms with Crippen molar-refractivity contribution in [3.05, 3.63) is 0 Å². The number of hydrogen-bond acceptors (Lipinski definition) is 3. The van der Waals surface area contributed by atoms with Crippen molar-refractivity contribution in [2.24, 2.45) is 34.5 Å². The van der Waals surface area contributed by atoms with Gasteiger partial charge in [-0.2, -0.15) is 0 Å². The monoisotopic (exact) mass is 334 g/mol. The minimum Gasteiger partial charge on any atom is -0.463 e. The number of esters is 1. The van der Waals surface area contributed by atoms with Crippen molar-refractivity contribution >= 4 is 5.97 Å². The predicted molar refractivity (Wildman–Crippen MR) is 93.3 cm³/mol. The number of aliphatic hydroxyl groups is 1. The molecule has 0 saturated heterocycles. The van der Waals surface area contributed by atoms with E-state index in [2.05, 4.69) is 13.8 Å². The third-order valence-corrected chi connectivity index (χ3v) is 8.75. The minimum absolute atomic E-state index is 0.0738. The Labute approximate surface area is 146 Å². The summed E-state index contributed by atoms with van der Waals surface area (Å²) >= 11 is 0. The summed E-state index contributed by atoms with van der Waals surface area (Å²) in [4.78, 5) is 11.3. The molecule has 4 saturated carbocycles. The van der Waals surface area contributed by atoms with Gasteiger partial charge in [0.25, 0.3) is 0 Å². The van der Waals surface area contributed by atoms with Crippen LogP contribution in [0, 0.1) is 34.5 Å². The molecule has 24 heavy (non-hydrogen) atoms. The van der Waals surface area contributed by atoms with E-state index in [-0.39, 0.29) is 18.2 Å². The first-order valence-corrected chi connectivity index (χ1v) is 10.2. The van der Waals surface area contributed by atoms with Gasteiger partial charge in [0.15, 0.2) is 0 Å². The van der Waals surface area contributed by atoms with Crippen LogP contribution in [-0.2, 0) is 9.53 Å². The number of carbonyl (C=O) groups excluding carboxylic acids is 1. The second kappa shape index (κ2) is 5.72. The number of hydrogen-bond donors (Lipinski definition) is 1. The molecule has 0 spiro atoms. The van der Waals surface area contributed by atoms with Crippen LogP contribution >= 0.6 is 0 Å². The molecule has 0 heterocycles. The molecule has 0 amide bonds. The second-order valence-electron chi connectivity index (χ2n) is 9.89. The summed E-state index contributed by atoms with van der Waals surface area (Å²) in [5, 5.41) is 11.1. The molecule has 0 aromatic rings. The van der Waals surface area contributed by atoms with Crippen LogP contribution in [0.25, 0.3) is 0 Å². The van der Waals surface area contributed by atoms with Crippen molar-refractivity contribution in [1.82, 2.24) is 0 Å². The van der Waals surface area contributed by atoms with Gasteiger partial charge in [-0.1, -0.05) is 20.3 Å². The van der Waals surface area contributed by atoms with Crippen molar-refractivity contribution in [3.8, 4) is 0 Å². The van der Waals surface area contributed by atoms with Crippen molar-refractivity contribution in [3.63, 3.8) is 0 Å². The normalized spacial score (nSPS) is 53.7. The van der Waals surface area contributed by atoms with Gasteiger partial charge in [0, 0.05) is 6.92 Å². The fourth-order valence-corrected chi connectivity index (χ4v) is 7.52. The highest BCUT2D eigenvalue weighted by Gasteiger charge is 2.60. The summed E-state index contributed by atoms with van der Waals surface area (Å²) in [7, 11) is 0. The number of ether oxygens (including phenoxy) is 1. The summed E-state index contributed by atoms with van der Waals surface area (Å²) in [5.41, 5.74) is 0.824. The SMILES string of the molecule is CC(=O)O[C@H]1CC[C@@]2(C)[C@H](C1)C[C@H](O)[C@H]1[C@@H]3CCC[C@@]3(C)CC[C@@H]12. The molecule has 4 fully saturated rings. The Balaban J connectivity index is 1.58. The Hall–Kier alpha value is -0.570. The fraction of sp³-hybridized carbons (Fsp3) is 0.952. The van der Waals surface area contributed by atoms with Gasteiger partial charge >= 0.3 is 5.97 Å². The van der Waals surface area contributed by atoms with Crippen LogP contribution in [0.15, 0.2) is 0 Å². The molecule has 3 nitrogen and oxygen atoms in total. The highest BCUT2D eigenvalue weighted by Crippen LogP contribution is 2.66. The van der Waals surface area contributed by atoms with Gasteiger partial charge in [0.1, 0.15) is 6.10 Å². The smallest absolute Gasteiger partial charge is 0.302 e. The van der Waals surface area contributed by atoms with E-state index in [9.17, 15) is 9.90 Å². The Morgan fingerprint density at radius 2 is 1.83 bits per heavy atom. The van der Waals surface area contributed by atoms with Gasteiger partial charge < -0.3 is 9.84 Å². The van der Waals surface area contributed by atoms with E-state index in [1.165, 1.54) is 39.0 Å². The van der Waals surface area contributed by atoms with Gasteiger partial charge in [-0.25, -0.2) is 0 Å². The summed E-state index contributed by atoms with van der Waals surface area (Å²) in [5.74, 6) is 2.27. The van der Waals surface area contributed by atoms with E-state index in [4.69, 9.17) is 4.74 Å². The number of fused-ring (bicyclic) bond motifs is 5. The van der Waals surface area contributed by atoms with E-state index in [1.807, 2.05) is 0 Å². The van der Waals surface area contributed by atoms with Crippen molar-refractivity contribution in [1.29, 1.82) is 0 Å². The van der Waals surface area contributed by atoms with Gasteiger partial charge in [-0.3, -0.25) is 4.79 Å². The summed E-state index contributed by atoms with van der Waals surface area (Å²) in [6.07, 6.45) is 10.7. The van der Waals surface area contributed by atoms with E-state index in [0.29, 0.717) is 28.6 Å². The average Bonchev–Trinajstić information content (AvgIpc) is 2.90. The van der Waals surface area contributed by atoms with Crippen LogP contribution < -0.4 is 0 Å². The molecule has 4 aliphatic rings. The van der Waals surface area contributed by atoms with Crippen molar-refractivity contribution in [2.45, 2.75) is 90.8 Å². The third-order valence-electron chi connectivity index (χ3n) is 8.75. The molecule has 8 atom stereocenters. The lowest BCUT2D eigenvalue weighted by Gasteiger charge is -2.61. The molecule has 0 aliphatic heterocycles. The van der Waals surface area contributed by atoms with Crippen LogP contribution in [0.3, 0.4) is 0 Å². The third kappa shape index (κ3) is 2.45. The first-order valence-electron chi connectivity index (χ1n) is 10.2. The van der Waals surface area contributed by atoms with Crippen LogP contribution in [0.4, 0.5) is 0 Å². The Morgan fingerprint density at radius 3 is 2.58 bits per heavy atom. The van der Waals surface area contributed by atoms with Crippen molar-refractivity contribution in [2.75, 3.05) is 0 Å². The molecular formula is C21H34O3. The minimum atomic E-state index is -0.155.